The van der Waals surface area contributed by atoms with E-state index >= 15 is 0 Å². The number of nitrogens with zero attached hydrogens (tertiary/aromatic N) is 1. The van der Waals surface area contributed by atoms with Crippen LogP contribution >= 0.6 is 7.82 Å². The van der Waals surface area contributed by atoms with Crippen molar-refractivity contribution in [2.24, 2.45) is 0 Å². The molecule has 0 rings (SSSR count). The maximum atomic E-state index is 12.9. The van der Waals surface area contributed by atoms with E-state index in [1.807, 2.05) is 21.1 Å². The Labute approximate surface area is 517 Å². The summed E-state index contributed by atoms with van der Waals surface area (Å²) < 4.78 is 34.8. The minimum Gasteiger partial charge on any atom is -0.462 e. The second-order valence-corrected chi connectivity index (χ2v) is 28.1. The van der Waals surface area contributed by atoms with E-state index < -0.39 is 26.5 Å². The smallest absolute Gasteiger partial charge is 0.462 e. The van der Waals surface area contributed by atoms with E-state index in [-0.39, 0.29) is 25.6 Å². The average Bonchev–Trinajstić information content (AvgIpc) is 3.48. The van der Waals surface area contributed by atoms with Gasteiger partial charge in [-0.3, -0.25) is 18.6 Å². The van der Waals surface area contributed by atoms with E-state index in [2.05, 4.69) is 26.0 Å². The zero-order chi connectivity index (χ0) is 60.5. The molecule has 0 aliphatic carbocycles. The van der Waals surface area contributed by atoms with Gasteiger partial charge in [0.2, 0.25) is 0 Å². The summed E-state index contributed by atoms with van der Waals surface area (Å²) in [7, 11) is 1.50. The minimum absolute atomic E-state index is 0.0361. The molecule has 0 saturated heterocycles. The van der Waals surface area contributed by atoms with Crippen LogP contribution in [0.25, 0.3) is 0 Å². The summed E-state index contributed by atoms with van der Waals surface area (Å²) in [6.07, 6.45) is 80.6. The molecular weight excluding hydrogens is 1050 g/mol. The van der Waals surface area contributed by atoms with Crippen molar-refractivity contribution in [3.05, 3.63) is 12.2 Å². The molecule has 0 radical (unpaired) electrons. The van der Waals surface area contributed by atoms with Crippen LogP contribution in [0.2, 0.25) is 0 Å². The highest BCUT2D eigenvalue weighted by molar-refractivity contribution is 7.47. The molecule has 0 spiro atoms. The van der Waals surface area contributed by atoms with Crippen molar-refractivity contribution in [1.82, 2.24) is 0 Å². The summed E-state index contributed by atoms with van der Waals surface area (Å²) in [5.74, 6) is -0.771. The second-order valence-electron chi connectivity index (χ2n) is 26.7. The van der Waals surface area contributed by atoms with Gasteiger partial charge in [-0.15, -0.1) is 0 Å². The first-order chi connectivity index (χ1) is 40.5. The van der Waals surface area contributed by atoms with E-state index in [1.54, 1.807) is 0 Å². The highest BCUT2D eigenvalue weighted by atomic mass is 31.2. The Bertz CT molecular complexity index is 1400. The zero-order valence-corrected chi connectivity index (χ0v) is 57.4. The number of hydrogen-bond donors (Lipinski definition) is 1. The topological polar surface area (TPSA) is 108 Å². The zero-order valence-electron chi connectivity index (χ0n) is 56.5. The third-order valence-corrected chi connectivity index (χ3v) is 18.0. The molecule has 0 aromatic heterocycles. The molecule has 0 aromatic carbocycles. The summed E-state index contributed by atoms with van der Waals surface area (Å²) in [4.78, 5) is 35.9. The Balaban J connectivity index is 3.93. The number of phosphoric ester groups is 1. The molecule has 0 aromatic rings. The van der Waals surface area contributed by atoms with Crippen LogP contribution in [0.5, 0.6) is 0 Å². The number of unbranched alkanes of at least 4 members (excludes halogenated alkanes) is 54. The lowest BCUT2D eigenvalue weighted by Crippen LogP contribution is -2.37. The van der Waals surface area contributed by atoms with Crippen molar-refractivity contribution in [2.75, 3.05) is 47.5 Å². The van der Waals surface area contributed by atoms with E-state index in [0.717, 1.165) is 32.1 Å². The summed E-state index contributed by atoms with van der Waals surface area (Å²) in [5.41, 5.74) is 0. The molecular formula is C73H145NO8P+. The molecule has 0 aliphatic rings. The van der Waals surface area contributed by atoms with Crippen LogP contribution in [-0.4, -0.2) is 74.9 Å². The van der Waals surface area contributed by atoms with E-state index in [0.29, 0.717) is 23.9 Å². The van der Waals surface area contributed by atoms with Gasteiger partial charge in [-0.1, -0.05) is 353 Å². The molecule has 0 saturated carbocycles. The van der Waals surface area contributed by atoms with Crippen LogP contribution in [0, 0.1) is 0 Å². The number of esters is 2. The molecule has 9 nitrogen and oxygen atoms in total. The van der Waals surface area contributed by atoms with Gasteiger partial charge in [0.15, 0.2) is 6.10 Å². The number of allylic oxidation sites excluding steroid dienone is 2. The molecule has 0 aliphatic heterocycles. The summed E-state index contributed by atoms with van der Waals surface area (Å²) >= 11 is 0. The molecule has 83 heavy (non-hydrogen) atoms. The molecule has 0 amide bonds. The molecule has 1 N–H and O–H groups in total. The van der Waals surface area contributed by atoms with Crippen LogP contribution < -0.4 is 0 Å². The standard InChI is InChI=1S/C73H144NO8P/c1-6-8-10-12-14-16-18-20-22-24-26-28-30-32-33-34-35-36-37-38-39-40-42-43-45-47-49-51-53-55-57-59-61-63-65-72(75)79-69-71(70-81-83(77,78)80-68-67-74(3,4)5)82-73(76)66-64-62-60-58-56-54-52-50-48-46-44-41-31-29-27-25-23-21-19-17-15-13-11-9-7-2/h25,27,71H,6-24,26,28-70H2,1-5H3/p+1/b27-25-. The Morgan fingerprint density at radius 2 is 0.614 bits per heavy atom. The van der Waals surface area contributed by atoms with Crippen LogP contribution in [0.15, 0.2) is 12.2 Å². The third kappa shape index (κ3) is 69.7. The number of likely N-dealkylation sites (N-methyl/N-ethyl adjacent to an activating group) is 1. The number of carbonyl (C=O) groups excluding carboxylic acids is 2. The largest absolute Gasteiger partial charge is 0.472 e. The Kier molecular flexibility index (Phi) is 64.2. The van der Waals surface area contributed by atoms with Gasteiger partial charge in [0.1, 0.15) is 19.8 Å². The van der Waals surface area contributed by atoms with Crippen molar-refractivity contribution in [3.8, 4) is 0 Å². The Morgan fingerprint density at radius 1 is 0.361 bits per heavy atom. The van der Waals surface area contributed by atoms with Gasteiger partial charge in [-0.25, -0.2) is 4.57 Å². The minimum atomic E-state index is -4.39. The Hall–Kier alpha value is -1.25. The molecule has 0 bridgehead atoms. The molecule has 494 valence electrons. The molecule has 2 unspecified atom stereocenters. The lowest BCUT2D eigenvalue weighted by atomic mass is 10.0. The summed E-state index contributed by atoms with van der Waals surface area (Å²) in [6.45, 7) is 4.52. The first-order valence-electron chi connectivity index (χ1n) is 36.9. The van der Waals surface area contributed by atoms with Gasteiger partial charge < -0.3 is 18.9 Å². The number of phosphoric acid groups is 1. The van der Waals surface area contributed by atoms with Crippen molar-refractivity contribution in [2.45, 2.75) is 399 Å². The fraction of sp³-hybridized carbons (Fsp3) is 0.945. The fourth-order valence-electron chi connectivity index (χ4n) is 11.4. The van der Waals surface area contributed by atoms with E-state index in [4.69, 9.17) is 18.5 Å². The van der Waals surface area contributed by atoms with Crippen LogP contribution in [0.4, 0.5) is 0 Å². The number of ether oxygens (including phenoxy) is 2. The van der Waals surface area contributed by atoms with E-state index in [1.165, 1.54) is 327 Å². The maximum absolute atomic E-state index is 12.9. The van der Waals surface area contributed by atoms with Crippen molar-refractivity contribution >= 4 is 19.8 Å². The fourth-order valence-corrected chi connectivity index (χ4v) is 12.1. The third-order valence-electron chi connectivity index (χ3n) is 17.0. The number of quaternary nitrogens is 1. The molecule has 10 heteroatoms. The van der Waals surface area contributed by atoms with Gasteiger partial charge in [-0.05, 0) is 38.5 Å². The second kappa shape index (κ2) is 65.2. The average molecular weight is 1200 g/mol. The number of hydrogen-bond acceptors (Lipinski definition) is 7. The van der Waals surface area contributed by atoms with Crippen molar-refractivity contribution in [3.63, 3.8) is 0 Å². The summed E-state index contributed by atoms with van der Waals surface area (Å²) in [5, 5.41) is 0. The SMILES string of the molecule is CCCCCCCCCC/C=C\CCCCCCCCCCCCCCCC(=O)OC(COC(=O)CCCCCCCCCCCCCCCCCCCCCCCCCCCCCCCCCCCC)COP(=O)(O)OCC[N+](C)(C)C. The molecule has 0 heterocycles. The number of carbonyl (C=O) groups is 2. The van der Waals surface area contributed by atoms with Crippen LogP contribution in [0.3, 0.4) is 0 Å². The predicted molar refractivity (Wildman–Crippen MR) is 358 cm³/mol. The molecule has 2 atom stereocenters. The van der Waals surface area contributed by atoms with Gasteiger partial charge in [0.05, 0.1) is 27.7 Å². The molecule has 0 fully saturated rings. The highest BCUT2D eigenvalue weighted by Crippen LogP contribution is 2.43. The van der Waals surface area contributed by atoms with Crippen LogP contribution in [0.1, 0.15) is 393 Å². The predicted octanol–water partition coefficient (Wildman–Crippen LogP) is 23.9. The summed E-state index contributed by atoms with van der Waals surface area (Å²) in [6, 6.07) is 0. The lowest BCUT2D eigenvalue weighted by Gasteiger charge is -2.24. The first-order valence-corrected chi connectivity index (χ1v) is 38.4. The van der Waals surface area contributed by atoms with Gasteiger partial charge >= 0.3 is 19.8 Å². The maximum Gasteiger partial charge on any atom is 0.472 e. The van der Waals surface area contributed by atoms with Gasteiger partial charge in [-0.2, -0.15) is 0 Å². The van der Waals surface area contributed by atoms with Crippen molar-refractivity contribution in [1.29, 1.82) is 0 Å². The Morgan fingerprint density at radius 3 is 0.892 bits per heavy atom. The highest BCUT2D eigenvalue weighted by Gasteiger charge is 2.27. The quantitative estimate of drug-likeness (QED) is 0.0211. The van der Waals surface area contributed by atoms with Crippen molar-refractivity contribution < 1.29 is 42.1 Å². The normalized spacial score (nSPS) is 13.1. The first kappa shape index (κ1) is 81.8. The van der Waals surface area contributed by atoms with Gasteiger partial charge in [0.25, 0.3) is 0 Å². The number of rotatable bonds is 70. The van der Waals surface area contributed by atoms with E-state index in [9.17, 15) is 19.0 Å². The lowest BCUT2D eigenvalue weighted by molar-refractivity contribution is -0.870. The van der Waals surface area contributed by atoms with Gasteiger partial charge in [0, 0.05) is 12.8 Å². The van der Waals surface area contributed by atoms with Crippen LogP contribution in [-0.2, 0) is 32.7 Å². The monoisotopic (exact) mass is 1200 g/mol.